The molecule has 31 heavy (non-hydrogen) atoms. The number of aromatic hydroxyl groups is 1. The topological polar surface area (TPSA) is 110 Å². The van der Waals surface area contributed by atoms with E-state index in [0.717, 1.165) is 31.2 Å². The molecule has 166 valence electrons. The van der Waals surface area contributed by atoms with Crippen molar-refractivity contribution in [2.45, 2.75) is 57.1 Å². The van der Waals surface area contributed by atoms with Gasteiger partial charge in [-0.15, -0.1) is 0 Å². The van der Waals surface area contributed by atoms with E-state index in [1.54, 1.807) is 6.07 Å². The number of nitrogens with two attached hydrogens (primary N) is 1. The second kappa shape index (κ2) is 10.1. The molecule has 1 aliphatic carbocycles. The van der Waals surface area contributed by atoms with E-state index in [9.17, 15) is 19.8 Å². The largest absolute Gasteiger partial charge is 0.508 e. The number of carbonyl (C=O) groups is 2. The van der Waals surface area contributed by atoms with Crippen molar-refractivity contribution in [1.29, 1.82) is 0 Å². The van der Waals surface area contributed by atoms with Gasteiger partial charge in [0.15, 0.2) is 5.78 Å². The van der Waals surface area contributed by atoms with Gasteiger partial charge in [-0.25, -0.2) is 0 Å². The van der Waals surface area contributed by atoms with Crippen LogP contribution in [0.25, 0.3) is 0 Å². The molecule has 1 fully saturated rings. The fraction of sp³-hybridized carbons (Fsp3) is 0.440. The Kier molecular flexibility index (Phi) is 7.46. The number of phenolic OH excluding ortho intramolecular Hbond substituents is 1. The maximum atomic E-state index is 13.2. The fourth-order valence-corrected chi connectivity index (χ4v) is 4.34. The Hall–Kier alpha value is -2.70. The molecule has 0 radical (unpaired) electrons. The quantitative estimate of drug-likeness (QED) is 0.443. The zero-order valence-electron chi connectivity index (χ0n) is 18.1. The number of carbonyl (C=O) groups excluding carboxylic acids is 2. The number of benzene rings is 2. The molecule has 4 atom stereocenters. The van der Waals surface area contributed by atoms with Gasteiger partial charge in [-0.3, -0.25) is 9.59 Å². The van der Waals surface area contributed by atoms with Gasteiger partial charge in [0.25, 0.3) is 0 Å². The molecular formula is C25H31NO5. The number of hydrogen-bond donors (Lipinski definition) is 3. The molecule has 2 aromatic rings. The third-order valence-corrected chi connectivity index (χ3v) is 6.21. The van der Waals surface area contributed by atoms with Gasteiger partial charge in [0, 0.05) is 11.5 Å². The van der Waals surface area contributed by atoms with E-state index in [2.05, 4.69) is 4.74 Å². The summed E-state index contributed by atoms with van der Waals surface area (Å²) in [4.78, 5) is 24.9. The third-order valence-electron chi connectivity index (χ3n) is 6.21. The number of rotatable bonds is 8. The maximum absolute atomic E-state index is 13.2. The fourth-order valence-electron chi connectivity index (χ4n) is 4.34. The van der Waals surface area contributed by atoms with Gasteiger partial charge >= 0.3 is 5.97 Å². The monoisotopic (exact) mass is 425 g/mol. The Balaban J connectivity index is 1.74. The average Bonchev–Trinajstić information content (AvgIpc) is 3.18. The molecule has 0 aromatic heterocycles. The second-order valence-electron chi connectivity index (χ2n) is 8.54. The number of aliphatic hydroxyl groups excluding tert-OH is 1. The number of esters is 1. The zero-order valence-corrected chi connectivity index (χ0v) is 18.1. The van der Waals surface area contributed by atoms with Gasteiger partial charge in [0.05, 0.1) is 13.2 Å². The number of methoxy groups -OCH3 is 1. The molecule has 6 nitrogen and oxygen atoms in total. The molecule has 1 aliphatic rings. The van der Waals surface area contributed by atoms with Gasteiger partial charge in [-0.05, 0) is 66.8 Å². The first kappa shape index (κ1) is 23.0. The lowest BCUT2D eigenvalue weighted by atomic mass is 9.87. The maximum Gasteiger partial charge on any atom is 0.322 e. The van der Waals surface area contributed by atoms with Crippen LogP contribution >= 0.6 is 0 Å². The first-order valence-corrected chi connectivity index (χ1v) is 10.7. The highest BCUT2D eigenvalue weighted by atomic mass is 16.5. The Bertz CT molecular complexity index is 924. The Morgan fingerprint density at radius 2 is 1.87 bits per heavy atom. The summed E-state index contributed by atoms with van der Waals surface area (Å²) in [5.74, 6) is -0.620. The summed E-state index contributed by atoms with van der Waals surface area (Å²) in [5, 5.41) is 19.6. The van der Waals surface area contributed by atoms with Crippen LogP contribution in [0.1, 0.15) is 59.2 Å². The van der Waals surface area contributed by atoms with Crippen LogP contribution in [-0.4, -0.2) is 41.2 Å². The van der Waals surface area contributed by atoms with Crippen LogP contribution in [0.4, 0.5) is 0 Å². The van der Waals surface area contributed by atoms with Crippen molar-refractivity contribution in [2.75, 3.05) is 7.11 Å². The predicted octanol–water partition coefficient (Wildman–Crippen LogP) is 3.12. The predicted molar refractivity (Wildman–Crippen MR) is 118 cm³/mol. The summed E-state index contributed by atoms with van der Waals surface area (Å²) in [6.07, 6.45) is 3.68. The van der Waals surface area contributed by atoms with Crippen LogP contribution in [-0.2, 0) is 22.4 Å². The highest BCUT2D eigenvalue weighted by Crippen LogP contribution is 2.30. The van der Waals surface area contributed by atoms with Crippen molar-refractivity contribution in [3.8, 4) is 5.75 Å². The molecule has 0 saturated heterocycles. The number of phenols is 1. The smallest absolute Gasteiger partial charge is 0.322 e. The normalized spacial score (nSPS) is 20.3. The number of ketones is 1. The minimum atomic E-state index is -0.884. The van der Waals surface area contributed by atoms with E-state index in [0.29, 0.717) is 17.0 Å². The van der Waals surface area contributed by atoms with E-state index < -0.39 is 17.9 Å². The van der Waals surface area contributed by atoms with Crippen LogP contribution in [0.2, 0.25) is 0 Å². The molecule has 0 aliphatic heterocycles. The van der Waals surface area contributed by atoms with Crippen LogP contribution < -0.4 is 5.73 Å². The van der Waals surface area contributed by atoms with Crippen molar-refractivity contribution >= 4 is 11.8 Å². The van der Waals surface area contributed by atoms with Crippen molar-refractivity contribution in [3.05, 3.63) is 64.7 Å². The molecule has 0 spiro atoms. The van der Waals surface area contributed by atoms with Crippen molar-refractivity contribution in [1.82, 2.24) is 0 Å². The summed E-state index contributed by atoms with van der Waals surface area (Å²) in [5.41, 5.74) is 8.92. The van der Waals surface area contributed by atoms with Gasteiger partial charge < -0.3 is 20.7 Å². The van der Waals surface area contributed by atoms with Gasteiger partial charge in [-0.2, -0.15) is 0 Å². The van der Waals surface area contributed by atoms with Gasteiger partial charge in [-0.1, -0.05) is 37.3 Å². The Labute approximate surface area is 183 Å². The van der Waals surface area contributed by atoms with Gasteiger partial charge in [0.1, 0.15) is 11.8 Å². The third kappa shape index (κ3) is 5.71. The first-order chi connectivity index (χ1) is 14.8. The molecule has 6 heteroatoms. The first-order valence-electron chi connectivity index (χ1n) is 10.7. The average molecular weight is 426 g/mol. The SMILES string of the molecule is COC(=O)C(N)Cc1ccc(O)cc1C(=O)C(C)c1ccc(CC2CCC(O)C2)cc1. The van der Waals surface area contributed by atoms with Crippen molar-refractivity contribution < 1.29 is 24.5 Å². The molecule has 2 aromatic carbocycles. The van der Waals surface area contributed by atoms with Crippen molar-refractivity contribution in [3.63, 3.8) is 0 Å². The van der Waals surface area contributed by atoms with E-state index >= 15 is 0 Å². The summed E-state index contributed by atoms with van der Waals surface area (Å²) in [7, 11) is 1.27. The van der Waals surface area contributed by atoms with E-state index in [-0.39, 0.29) is 24.1 Å². The highest BCUT2D eigenvalue weighted by molar-refractivity contribution is 6.02. The molecule has 3 rings (SSSR count). The zero-order chi connectivity index (χ0) is 22.5. The molecular weight excluding hydrogens is 394 g/mol. The number of ether oxygens (including phenoxy) is 1. The summed E-state index contributed by atoms with van der Waals surface area (Å²) < 4.78 is 4.68. The molecule has 0 amide bonds. The summed E-state index contributed by atoms with van der Waals surface area (Å²) in [6.45, 7) is 1.83. The van der Waals surface area contributed by atoms with Gasteiger partial charge in [0.2, 0.25) is 0 Å². The van der Waals surface area contributed by atoms with Crippen LogP contribution in [0.15, 0.2) is 42.5 Å². The molecule has 0 heterocycles. The van der Waals surface area contributed by atoms with E-state index in [4.69, 9.17) is 5.73 Å². The summed E-state index contributed by atoms with van der Waals surface area (Å²) >= 11 is 0. The van der Waals surface area contributed by atoms with Crippen LogP contribution in [0.3, 0.4) is 0 Å². The lowest BCUT2D eigenvalue weighted by molar-refractivity contribution is -0.142. The molecule has 4 N–H and O–H groups in total. The summed E-state index contributed by atoms with van der Waals surface area (Å²) in [6, 6.07) is 11.7. The van der Waals surface area contributed by atoms with Crippen molar-refractivity contribution in [2.24, 2.45) is 11.7 Å². The molecule has 4 unspecified atom stereocenters. The van der Waals surface area contributed by atoms with Crippen LogP contribution in [0.5, 0.6) is 5.75 Å². The minimum absolute atomic E-state index is 0.0139. The molecule has 0 bridgehead atoms. The standard InChI is InChI=1S/C25H31NO5/c1-15(18-6-3-16(4-7-18)11-17-5-9-20(27)12-17)24(29)22-14-21(28)10-8-19(22)13-23(26)25(30)31-2/h3-4,6-8,10,14-15,17,20,23,27-28H,5,9,11-13,26H2,1-2H3. The van der Waals surface area contributed by atoms with E-state index in [1.807, 2.05) is 31.2 Å². The van der Waals surface area contributed by atoms with E-state index in [1.165, 1.54) is 24.8 Å². The Morgan fingerprint density at radius 3 is 2.48 bits per heavy atom. The highest BCUT2D eigenvalue weighted by Gasteiger charge is 2.25. The Morgan fingerprint density at radius 1 is 1.16 bits per heavy atom. The van der Waals surface area contributed by atoms with Crippen LogP contribution in [0, 0.1) is 5.92 Å². The second-order valence-corrected chi connectivity index (χ2v) is 8.54. The molecule has 1 saturated carbocycles. The number of aliphatic hydroxyl groups is 1. The lowest BCUT2D eigenvalue weighted by Crippen LogP contribution is -2.34. The lowest BCUT2D eigenvalue weighted by Gasteiger charge is -2.17. The number of Topliss-reactive ketones (excluding diaryl/α,β-unsaturated/α-hetero) is 1. The number of hydrogen-bond acceptors (Lipinski definition) is 6. The minimum Gasteiger partial charge on any atom is -0.508 e.